The smallest absolute Gasteiger partial charge is 0 e. The molecule has 0 spiro atoms. The Balaban J connectivity index is 0.000000235. The van der Waals surface area contributed by atoms with E-state index in [1.54, 1.807) is 10.6 Å². The number of fused-ring (bicyclic) bond motifs is 2. The fourth-order valence-corrected chi connectivity index (χ4v) is 14.5. The predicted octanol–water partition coefficient (Wildman–Crippen LogP) is 15.9. The Morgan fingerprint density at radius 2 is 0.623 bits per heavy atom. The zero-order valence-corrected chi connectivity index (χ0v) is 45.6. The second-order valence-electron chi connectivity index (χ2n) is 15.7. The molecule has 69 heavy (non-hydrogen) atoms. The van der Waals surface area contributed by atoms with Crippen molar-refractivity contribution in [1.29, 1.82) is 5.59 Å². The van der Waals surface area contributed by atoms with Crippen LogP contribution in [0.1, 0.15) is 32.1 Å². The third kappa shape index (κ3) is 22.4. The molecule has 7 aromatic rings. The van der Waals surface area contributed by atoms with Gasteiger partial charge in [0.2, 0.25) is 0 Å². The van der Waals surface area contributed by atoms with Gasteiger partial charge in [-0.05, 0) is 79.1 Å². The molecule has 2 bridgehead atoms. The maximum absolute atomic E-state index is 10.7. The zero-order valence-electron chi connectivity index (χ0n) is 37.7. The van der Waals surface area contributed by atoms with E-state index in [2.05, 4.69) is 237 Å². The molecule has 0 amide bonds. The number of rotatable bonds is 8. The molecule has 0 saturated heterocycles. The van der Waals surface area contributed by atoms with E-state index in [1.807, 2.05) is 12.1 Å². The van der Waals surface area contributed by atoms with E-state index in [9.17, 15) is 25.2 Å². The van der Waals surface area contributed by atoms with Gasteiger partial charge in [0.1, 0.15) is 0 Å². The van der Waals surface area contributed by atoms with Crippen molar-refractivity contribution >= 4 is 68.7 Å². The van der Waals surface area contributed by atoms with Gasteiger partial charge in [0.05, 0.1) is 0 Å². The summed E-state index contributed by atoms with van der Waals surface area (Å²) in [6, 6.07) is 75.5. The number of hydrogen-bond acceptors (Lipinski definition) is 2. The monoisotopic (exact) mass is 1270 g/mol. The van der Waals surface area contributed by atoms with Crippen LogP contribution in [0.4, 0.5) is 25.2 Å². The van der Waals surface area contributed by atoms with Gasteiger partial charge in [0.15, 0.2) is 0 Å². The summed E-state index contributed by atoms with van der Waals surface area (Å²) in [6.07, 6.45) is 16.2. The minimum absolute atomic E-state index is 0. The molecule has 0 unspecified atom stereocenters. The molecule has 1 saturated carbocycles. The van der Waals surface area contributed by atoms with Crippen LogP contribution < -0.4 is 37.1 Å². The quantitative estimate of drug-likeness (QED) is 0.0404. The molecule has 10 rings (SSSR count). The van der Waals surface area contributed by atoms with Gasteiger partial charge in [-0.3, -0.25) is 0 Å². The van der Waals surface area contributed by atoms with Crippen LogP contribution in [0.3, 0.4) is 0 Å². The second-order valence-corrected chi connectivity index (χ2v) is 24.2. The van der Waals surface area contributed by atoms with Gasteiger partial charge in [-0.25, -0.2) is 7.92 Å². The number of hydrogen-bond donors (Lipinski definition) is 1. The van der Waals surface area contributed by atoms with Crippen molar-refractivity contribution in [2.24, 2.45) is 11.8 Å². The number of benzene rings is 7. The standard InChI is InChI=1S/C18H15P.C17H19P.C13H12P.C7H8.F6P.HNO.Re.Rh/c1-4-10-16(11-5-1)19(17-12-6-2-7-13-17)18-14-8-3-9-15-18;1-3-9-15(10-4-1)18(17-13-7-8-14-17)16-11-5-2-6-12-16;1-14(12-8-4-2-5-9-12)13-10-6-3-7-11-13;1-2-7-4-3-6(1)5-7;1-7(2,3,4,5)6;1-2;;/h1-15H;1-6,9-12,17H,7-8,13-14H2;2-11H,1H2;1-4,6-7H,5H2;;1H;;/q;;-1;;-1;;;. The first-order valence-electron chi connectivity index (χ1n) is 21.9. The molecule has 2 radical (unpaired) electrons. The Morgan fingerprint density at radius 1 is 0.406 bits per heavy atom. The van der Waals surface area contributed by atoms with Crippen LogP contribution in [-0.4, -0.2) is 5.66 Å². The molecule has 1 N–H and O–H groups in total. The van der Waals surface area contributed by atoms with Crippen LogP contribution in [0.5, 0.6) is 0 Å². The van der Waals surface area contributed by atoms with Crippen molar-refractivity contribution in [3.63, 3.8) is 0 Å². The van der Waals surface area contributed by atoms with Gasteiger partial charge < -0.3 is 6.66 Å². The Hall–Kier alpha value is -3.79. The Bertz CT molecular complexity index is 2310. The first kappa shape index (κ1) is 59.5. The number of halogens is 6. The van der Waals surface area contributed by atoms with Crippen LogP contribution in [0.15, 0.2) is 237 Å². The average molecular weight is 1270 g/mol. The van der Waals surface area contributed by atoms with Crippen molar-refractivity contribution in [2.75, 3.05) is 0 Å². The van der Waals surface area contributed by atoms with Crippen molar-refractivity contribution in [3.05, 3.63) is 248 Å². The summed E-state index contributed by atoms with van der Waals surface area (Å²) in [6.45, 7) is 4.24. The minimum atomic E-state index is -10.7. The molecule has 3 aliphatic carbocycles. The van der Waals surface area contributed by atoms with Crippen LogP contribution >= 0.6 is 31.6 Å². The maximum Gasteiger partial charge on any atom is 0 e. The normalized spacial score (nSPS) is 16.1. The molecular weight excluding hydrogens is 1220 g/mol. The van der Waals surface area contributed by atoms with Gasteiger partial charge >= 0.3 is 33.0 Å². The van der Waals surface area contributed by atoms with Gasteiger partial charge in [-0.15, -0.1) is 0 Å². The summed E-state index contributed by atoms with van der Waals surface area (Å²) >= 11 is 0. The van der Waals surface area contributed by atoms with Crippen molar-refractivity contribution < 1.29 is 65.1 Å². The molecule has 2 nitrogen and oxygen atoms in total. The van der Waals surface area contributed by atoms with Crippen molar-refractivity contribution in [1.82, 2.24) is 0 Å². The molecule has 0 aliphatic heterocycles. The van der Waals surface area contributed by atoms with Gasteiger partial charge in [0.25, 0.3) is 0 Å². The molecule has 1 fully saturated rings. The predicted molar refractivity (Wildman–Crippen MR) is 280 cm³/mol. The van der Waals surface area contributed by atoms with Crippen LogP contribution in [0, 0.1) is 29.0 Å². The van der Waals surface area contributed by atoms with Crippen LogP contribution in [-0.2, 0) is 39.9 Å². The van der Waals surface area contributed by atoms with E-state index in [0.717, 1.165) is 17.5 Å². The van der Waals surface area contributed by atoms with Crippen molar-refractivity contribution in [3.8, 4) is 0 Å². The molecule has 0 aromatic heterocycles. The zero-order chi connectivity index (χ0) is 48.0. The minimum Gasteiger partial charge on any atom is -0.308 e. The van der Waals surface area contributed by atoms with E-state index in [0.29, 0.717) is 0 Å². The summed E-state index contributed by atoms with van der Waals surface area (Å²) in [5.41, 5.74) is 5.39. The molecular formula is C55H55F6NOP4ReRh-2. The number of allylic oxidation sites excluding steroid dienone is 4. The van der Waals surface area contributed by atoms with E-state index in [4.69, 9.17) is 4.91 Å². The summed E-state index contributed by atoms with van der Waals surface area (Å²) < 4.78 is 59.2. The van der Waals surface area contributed by atoms with E-state index in [-0.39, 0.29) is 47.8 Å². The fourth-order valence-electron chi connectivity index (χ4n) is 7.78. The molecule has 366 valence electrons. The fraction of sp³-hybridized carbons (Fsp3) is 0.145. The van der Waals surface area contributed by atoms with Gasteiger partial charge in [0, 0.05) is 39.9 Å². The van der Waals surface area contributed by atoms with Crippen LogP contribution in [0.25, 0.3) is 0 Å². The van der Waals surface area contributed by atoms with Crippen molar-refractivity contribution in [2.45, 2.75) is 37.8 Å². The number of nitroso groups, excluding NO2 is 1. The molecule has 0 atom stereocenters. The topological polar surface area (TPSA) is 40.9 Å². The third-order valence-electron chi connectivity index (χ3n) is 10.7. The second kappa shape index (κ2) is 28.9. The van der Waals surface area contributed by atoms with Gasteiger partial charge in [-0.1, -0.05) is 266 Å². The largest absolute Gasteiger partial charge is 0.308 e. The average Bonchev–Trinajstić information content (AvgIpc) is 4.17. The SMILES string of the molecule is C1=CC2C=CC1C2.F[P-](F)(F)(F)(F)F.N=O.[CH2-]P(c1ccccc1)c1ccccc1.[Re].[Rh].c1ccc(P(c2ccccc2)C2CCCC2)cc1.c1ccc(P(c2ccccc2)c2ccccc2)cc1. The molecule has 3 aliphatic rings. The summed E-state index contributed by atoms with van der Waals surface area (Å²) in [7, 11) is -11.7. The summed E-state index contributed by atoms with van der Waals surface area (Å²) in [5, 5.41) is 9.94. The maximum atomic E-state index is 9.87. The Labute approximate surface area is 434 Å². The van der Waals surface area contributed by atoms with E-state index in [1.165, 1.54) is 58.6 Å². The number of nitrogens with one attached hydrogen (secondary N) is 1. The summed E-state index contributed by atoms with van der Waals surface area (Å²) in [4.78, 5) is 7.50. The molecule has 14 heteroatoms. The summed E-state index contributed by atoms with van der Waals surface area (Å²) in [5.74, 6) is 1.62. The molecule has 7 aromatic carbocycles. The van der Waals surface area contributed by atoms with E-state index < -0.39 is 23.7 Å². The molecule has 0 heterocycles. The van der Waals surface area contributed by atoms with Crippen LogP contribution in [0.2, 0.25) is 0 Å². The first-order valence-corrected chi connectivity index (χ1v) is 28.2. The first-order chi connectivity index (χ1) is 32.2. The Morgan fingerprint density at radius 3 is 0.841 bits per heavy atom. The third-order valence-corrected chi connectivity index (χ3v) is 17.9. The van der Waals surface area contributed by atoms with Gasteiger partial charge in [-0.2, -0.15) is 4.91 Å². The van der Waals surface area contributed by atoms with E-state index >= 15 is 0 Å². The Kier molecular flexibility index (Phi) is 24.9.